The number of rotatable bonds is 6. The molecule has 156 valence electrons. The van der Waals surface area contributed by atoms with E-state index < -0.39 is 11.6 Å². The number of anilines is 1. The second-order valence-corrected chi connectivity index (χ2v) is 6.91. The Bertz CT molecular complexity index is 1230. The molecule has 4 rings (SSSR count). The van der Waals surface area contributed by atoms with E-state index in [9.17, 15) is 10.1 Å². The van der Waals surface area contributed by atoms with Gasteiger partial charge >= 0.3 is 0 Å². The summed E-state index contributed by atoms with van der Waals surface area (Å²) in [6, 6.07) is 21.1. The van der Waals surface area contributed by atoms with Gasteiger partial charge in [-0.2, -0.15) is 5.26 Å². The summed E-state index contributed by atoms with van der Waals surface area (Å²) < 4.78 is 0. The van der Waals surface area contributed by atoms with Crippen LogP contribution in [0.5, 0.6) is 0 Å². The van der Waals surface area contributed by atoms with Gasteiger partial charge in [-0.05, 0) is 47.0 Å². The topological polar surface area (TPSA) is 136 Å². The Morgan fingerprint density at radius 3 is 2.56 bits per heavy atom. The van der Waals surface area contributed by atoms with Crippen molar-refractivity contribution < 1.29 is 9.63 Å². The summed E-state index contributed by atoms with van der Waals surface area (Å²) in [5.41, 5.74) is 13.3. The molecule has 1 aliphatic heterocycles. The van der Waals surface area contributed by atoms with Gasteiger partial charge < -0.3 is 5.32 Å². The van der Waals surface area contributed by atoms with Gasteiger partial charge in [0.15, 0.2) is 11.6 Å². The summed E-state index contributed by atoms with van der Waals surface area (Å²) in [5, 5.41) is 16.4. The first-order valence-corrected chi connectivity index (χ1v) is 9.64. The van der Waals surface area contributed by atoms with Crippen molar-refractivity contribution in [3.63, 3.8) is 0 Å². The first-order chi connectivity index (χ1) is 15.7. The molecule has 0 aliphatic carbocycles. The van der Waals surface area contributed by atoms with Crippen LogP contribution in [0.2, 0.25) is 0 Å². The van der Waals surface area contributed by atoms with Crippen molar-refractivity contribution in [2.45, 2.75) is 11.6 Å². The molecule has 2 atom stereocenters. The second-order valence-electron chi connectivity index (χ2n) is 6.91. The van der Waals surface area contributed by atoms with Crippen LogP contribution < -0.4 is 10.8 Å². The molecular weight excluding hydrogens is 406 g/mol. The van der Waals surface area contributed by atoms with Gasteiger partial charge in [0.25, 0.3) is 5.91 Å². The molecule has 2 unspecified atom stereocenters. The number of benzene rings is 2. The highest BCUT2D eigenvalue weighted by molar-refractivity contribution is 5.97. The number of nitrogens with zero attached hydrogens (tertiary/aromatic N) is 5. The third-order valence-corrected chi connectivity index (χ3v) is 4.96. The Balaban J connectivity index is 1.53. The van der Waals surface area contributed by atoms with E-state index in [2.05, 4.69) is 31.9 Å². The maximum atomic E-state index is 12.6. The number of hydroxylamine groups is 1. The van der Waals surface area contributed by atoms with Crippen molar-refractivity contribution in [1.29, 1.82) is 5.26 Å². The molecule has 2 aromatic carbocycles. The Kier molecular flexibility index (Phi) is 5.81. The normalized spacial score (nSPS) is 16.5. The van der Waals surface area contributed by atoms with Gasteiger partial charge in [0, 0.05) is 28.6 Å². The highest BCUT2D eigenvalue weighted by Gasteiger charge is 2.33. The van der Waals surface area contributed by atoms with Crippen molar-refractivity contribution >= 4 is 17.3 Å². The second kappa shape index (κ2) is 9.02. The van der Waals surface area contributed by atoms with E-state index in [-0.39, 0.29) is 5.91 Å². The van der Waals surface area contributed by atoms with Crippen molar-refractivity contribution in [3.8, 4) is 6.07 Å². The molecule has 2 heterocycles. The smallest absolute Gasteiger partial charge is 0.260 e. The monoisotopic (exact) mass is 423 g/mol. The highest BCUT2D eigenvalue weighted by Crippen LogP contribution is 2.34. The van der Waals surface area contributed by atoms with Gasteiger partial charge in [-0.3, -0.25) is 20.1 Å². The van der Waals surface area contributed by atoms with E-state index in [0.717, 1.165) is 5.56 Å². The molecule has 2 N–H and O–H groups in total. The maximum absolute atomic E-state index is 12.6. The van der Waals surface area contributed by atoms with Crippen LogP contribution in [0.4, 0.5) is 5.69 Å². The molecule has 1 aromatic heterocycles. The zero-order valence-electron chi connectivity index (χ0n) is 16.7. The zero-order valence-corrected chi connectivity index (χ0v) is 16.7. The summed E-state index contributed by atoms with van der Waals surface area (Å²) in [7, 11) is 0. The fourth-order valence-corrected chi connectivity index (χ4v) is 3.34. The summed E-state index contributed by atoms with van der Waals surface area (Å²) in [6.07, 6.45) is 4.17. The minimum Gasteiger partial charge on any atom is -0.323 e. The number of amides is 1. The van der Waals surface area contributed by atoms with Gasteiger partial charge in [0.05, 0.1) is 11.8 Å². The van der Waals surface area contributed by atoms with Crippen LogP contribution >= 0.6 is 0 Å². The van der Waals surface area contributed by atoms with Crippen molar-refractivity contribution in [2.75, 3.05) is 5.32 Å². The van der Waals surface area contributed by atoms with Gasteiger partial charge in [-0.25, -0.2) is 0 Å². The number of hydrogen-bond acceptors (Lipinski definition) is 6. The standard InChI is InChI=1S/C23H17N7O2/c24-15-23(29-30-25,17-6-2-1-3-7-17)18-8-10-19(11-9-18)27-22(31)21-13-20(28-32-21)16-5-4-12-26-14-16/h1-14,21,28H,(H,27,31). The lowest BCUT2D eigenvalue weighted by atomic mass is 9.85. The van der Waals surface area contributed by atoms with Gasteiger partial charge in [0.2, 0.25) is 0 Å². The number of carbonyl (C=O) groups excluding carboxylic acids is 1. The molecule has 0 radical (unpaired) electrons. The lowest BCUT2D eigenvalue weighted by Crippen LogP contribution is -2.28. The molecule has 32 heavy (non-hydrogen) atoms. The van der Waals surface area contributed by atoms with Crippen LogP contribution in [0, 0.1) is 11.3 Å². The van der Waals surface area contributed by atoms with E-state index in [1.54, 1.807) is 73.1 Å². The van der Waals surface area contributed by atoms with Crippen molar-refractivity contribution in [2.24, 2.45) is 5.11 Å². The lowest BCUT2D eigenvalue weighted by molar-refractivity contribution is -0.125. The fraction of sp³-hybridized carbons (Fsp3) is 0.0870. The molecular formula is C23H17N7O2. The van der Waals surface area contributed by atoms with E-state index in [0.29, 0.717) is 22.5 Å². The largest absolute Gasteiger partial charge is 0.323 e. The number of aromatic nitrogens is 1. The number of carbonyl (C=O) groups is 1. The fourth-order valence-electron chi connectivity index (χ4n) is 3.34. The first kappa shape index (κ1) is 20.6. The predicted molar refractivity (Wildman–Crippen MR) is 117 cm³/mol. The number of pyridine rings is 1. The molecule has 0 saturated carbocycles. The first-order valence-electron chi connectivity index (χ1n) is 9.64. The molecule has 0 saturated heterocycles. The predicted octanol–water partition coefficient (Wildman–Crippen LogP) is 4.04. The average Bonchev–Trinajstić information content (AvgIpc) is 3.35. The molecule has 0 bridgehead atoms. The number of nitrogens with one attached hydrogen (secondary N) is 2. The summed E-state index contributed by atoms with van der Waals surface area (Å²) in [6.45, 7) is 0. The van der Waals surface area contributed by atoms with Crippen molar-refractivity contribution in [1.82, 2.24) is 10.5 Å². The third kappa shape index (κ3) is 4.00. The van der Waals surface area contributed by atoms with E-state index in [1.165, 1.54) is 0 Å². The molecule has 1 aliphatic rings. The summed E-state index contributed by atoms with van der Waals surface area (Å²) in [5.74, 6) is -0.367. The SMILES string of the molecule is N#CC(N=[N+]=[N-])(c1ccccc1)c1ccc(NC(=O)C2C=C(c3cccnc3)NO2)cc1. The molecule has 1 amide bonds. The number of nitriles is 1. The number of azide groups is 1. The molecule has 0 spiro atoms. The van der Waals surface area contributed by atoms with E-state index >= 15 is 0 Å². The van der Waals surface area contributed by atoms with Crippen LogP contribution in [0.15, 0.2) is 90.3 Å². The van der Waals surface area contributed by atoms with Crippen LogP contribution in [-0.2, 0) is 15.2 Å². The van der Waals surface area contributed by atoms with Crippen LogP contribution in [0.25, 0.3) is 16.1 Å². The summed E-state index contributed by atoms with van der Waals surface area (Å²) >= 11 is 0. The molecule has 9 nitrogen and oxygen atoms in total. The maximum Gasteiger partial charge on any atom is 0.260 e. The molecule has 9 heteroatoms. The quantitative estimate of drug-likeness (QED) is 0.350. The zero-order chi connectivity index (χ0) is 22.4. The van der Waals surface area contributed by atoms with Gasteiger partial charge in [-0.15, -0.1) is 0 Å². The van der Waals surface area contributed by atoms with E-state index in [4.69, 9.17) is 10.4 Å². The van der Waals surface area contributed by atoms with Gasteiger partial charge in [-0.1, -0.05) is 47.6 Å². The Labute approximate surface area is 183 Å². The molecule has 0 fully saturated rings. The summed E-state index contributed by atoms with van der Waals surface area (Å²) in [4.78, 5) is 24.9. The minimum absolute atomic E-state index is 0.367. The Hall–Kier alpha value is -4.64. The molecule has 3 aromatic rings. The van der Waals surface area contributed by atoms with E-state index in [1.807, 2.05) is 12.1 Å². The average molecular weight is 423 g/mol. The Morgan fingerprint density at radius 1 is 1.16 bits per heavy atom. The van der Waals surface area contributed by atoms with Crippen molar-refractivity contribution in [3.05, 3.63) is 112 Å². The Morgan fingerprint density at radius 2 is 1.91 bits per heavy atom. The third-order valence-electron chi connectivity index (χ3n) is 4.96. The van der Waals surface area contributed by atoms with Gasteiger partial charge in [0.1, 0.15) is 0 Å². The lowest BCUT2D eigenvalue weighted by Gasteiger charge is -2.22. The minimum atomic E-state index is -1.52. The highest BCUT2D eigenvalue weighted by atomic mass is 16.7. The van der Waals surface area contributed by atoms with Crippen LogP contribution in [0.1, 0.15) is 16.7 Å². The van der Waals surface area contributed by atoms with Crippen LogP contribution in [0.3, 0.4) is 0 Å². The van der Waals surface area contributed by atoms with Crippen LogP contribution in [-0.4, -0.2) is 17.0 Å². The number of hydrogen-bond donors (Lipinski definition) is 2.